The molecule has 2 aromatic heterocycles. The number of carbonyl (C=O) groups is 1. The van der Waals surface area contributed by atoms with E-state index in [0.29, 0.717) is 18.9 Å². The Labute approximate surface area is 124 Å². The van der Waals surface area contributed by atoms with Crippen LogP contribution >= 0.6 is 0 Å². The van der Waals surface area contributed by atoms with E-state index in [4.69, 9.17) is 0 Å². The Bertz CT molecular complexity index is 690. The molecule has 4 rings (SSSR count). The Kier molecular flexibility index (Phi) is 2.98. The number of aromatic nitrogens is 2. The van der Waals surface area contributed by atoms with Crippen molar-refractivity contribution < 1.29 is 4.79 Å². The minimum atomic E-state index is 0.192. The minimum absolute atomic E-state index is 0.192. The summed E-state index contributed by atoms with van der Waals surface area (Å²) in [4.78, 5) is 16.7. The van der Waals surface area contributed by atoms with Crippen molar-refractivity contribution in [3.63, 3.8) is 0 Å². The Morgan fingerprint density at radius 2 is 2.33 bits per heavy atom. The predicted molar refractivity (Wildman–Crippen MR) is 80.7 cm³/mol. The third kappa shape index (κ3) is 2.33. The van der Waals surface area contributed by atoms with Crippen LogP contribution in [0, 0.1) is 24.7 Å². The SMILES string of the molecule is Cc1nc2ccccn2c1CNC(=O)CC1CCC2CC12. The molecular formula is C17H21N3O. The third-order valence-corrected chi connectivity index (χ3v) is 5.22. The lowest BCUT2D eigenvalue weighted by atomic mass is 9.99. The molecule has 2 saturated carbocycles. The average molecular weight is 283 g/mol. The molecule has 2 aromatic rings. The molecule has 1 N–H and O–H groups in total. The summed E-state index contributed by atoms with van der Waals surface area (Å²) in [7, 11) is 0. The molecule has 0 bridgehead atoms. The van der Waals surface area contributed by atoms with Gasteiger partial charge in [0.25, 0.3) is 0 Å². The average Bonchev–Trinajstić information content (AvgIpc) is 3.05. The summed E-state index contributed by atoms with van der Waals surface area (Å²) in [6.07, 6.45) is 6.66. The van der Waals surface area contributed by atoms with Gasteiger partial charge in [-0.1, -0.05) is 6.07 Å². The Hall–Kier alpha value is -1.84. The summed E-state index contributed by atoms with van der Waals surface area (Å²) in [6.45, 7) is 2.57. The number of nitrogens with zero attached hydrogens (tertiary/aromatic N) is 2. The molecule has 21 heavy (non-hydrogen) atoms. The quantitative estimate of drug-likeness (QED) is 0.937. The van der Waals surface area contributed by atoms with Gasteiger partial charge in [0.1, 0.15) is 5.65 Å². The van der Waals surface area contributed by atoms with Crippen LogP contribution in [0.2, 0.25) is 0 Å². The monoisotopic (exact) mass is 283 g/mol. The van der Waals surface area contributed by atoms with Gasteiger partial charge in [0.2, 0.25) is 5.91 Å². The Balaban J connectivity index is 1.41. The number of aryl methyl sites for hydroxylation is 1. The Morgan fingerprint density at radius 3 is 3.10 bits per heavy atom. The summed E-state index contributed by atoms with van der Waals surface area (Å²) in [5, 5.41) is 3.08. The second-order valence-electron chi connectivity index (χ2n) is 6.55. The molecule has 2 aliphatic rings. The van der Waals surface area contributed by atoms with Gasteiger partial charge in [-0.15, -0.1) is 0 Å². The van der Waals surface area contributed by atoms with Crippen LogP contribution in [0.4, 0.5) is 0 Å². The zero-order valence-corrected chi connectivity index (χ0v) is 12.4. The highest BCUT2D eigenvalue weighted by molar-refractivity contribution is 5.76. The highest BCUT2D eigenvalue weighted by Crippen LogP contribution is 2.56. The van der Waals surface area contributed by atoms with Crippen LogP contribution in [0.3, 0.4) is 0 Å². The maximum atomic E-state index is 12.2. The molecule has 3 unspecified atom stereocenters. The van der Waals surface area contributed by atoms with Gasteiger partial charge in [0.05, 0.1) is 17.9 Å². The maximum Gasteiger partial charge on any atom is 0.220 e. The van der Waals surface area contributed by atoms with Gasteiger partial charge in [-0.25, -0.2) is 4.98 Å². The number of fused-ring (bicyclic) bond motifs is 2. The van der Waals surface area contributed by atoms with E-state index in [9.17, 15) is 4.79 Å². The molecule has 0 spiro atoms. The van der Waals surface area contributed by atoms with Gasteiger partial charge >= 0.3 is 0 Å². The van der Waals surface area contributed by atoms with E-state index in [1.165, 1.54) is 19.3 Å². The van der Waals surface area contributed by atoms with Crippen molar-refractivity contribution in [3.8, 4) is 0 Å². The molecule has 0 aliphatic heterocycles. The minimum Gasteiger partial charge on any atom is -0.350 e. The van der Waals surface area contributed by atoms with E-state index in [1.807, 2.05) is 31.3 Å². The molecule has 4 heteroatoms. The van der Waals surface area contributed by atoms with E-state index in [1.54, 1.807) is 0 Å². The highest BCUT2D eigenvalue weighted by Gasteiger charge is 2.48. The first-order valence-electron chi connectivity index (χ1n) is 7.91. The molecule has 3 atom stereocenters. The molecule has 0 saturated heterocycles. The van der Waals surface area contributed by atoms with E-state index in [0.717, 1.165) is 28.9 Å². The second kappa shape index (κ2) is 4.86. The normalized spacial score (nSPS) is 26.8. The van der Waals surface area contributed by atoms with Crippen LogP contribution in [0.5, 0.6) is 0 Å². The standard InChI is InChI=1S/C17H21N3O/c1-11-15(20-7-3-2-4-16(20)19-11)10-18-17(21)9-13-6-5-12-8-14(12)13/h2-4,7,12-14H,5-6,8-10H2,1H3,(H,18,21). The van der Waals surface area contributed by atoms with Crippen molar-refractivity contribution in [2.24, 2.45) is 17.8 Å². The van der Waals surface area contributed by atoms with Gasteiger partial charge < -0.3 is 9.72 Å². The van der Waals surface area contributed by atoms with Crippen LogP contribution < -0.4 is 5.32 Å². The topological polar surface area (TPSA) is 46.4 Å². The van der Waals surface area contributed by atoms with Crippen LogP contribution in [0.1, 0.15) is 37.1 Å². The van der Waals surface area contributed by atoms with Crippen molar-refractivity contribution in [2.45, 2.75) is 39.2 Å². The van der Waals surface area contributed by atoms with Crippen molar-refractivity contribution >= 4 is 11.6 Å². The summed E-state index contributed by atoms with van der Waals surface area (Å²) in [6, 6.07) is 5.96. The molecular weight excluding hydrogens is 262 g/mol. The third-order valence-electron chi connectivity index (χ3n) is 5.22. The molecule has 2 fully saturated rings. The smallest absolute Gasteiger partial charge is 0.220 e. The fraction of sp³-hybridized carbons (Fsp3) is 0.529. The Morgan fingerprint density at radius 1 is 1.43 bits per heavy atom. The molecule has 1 amide bonds. The fourth-order valence-corrected chi connectivity index (χ4v) is 3.95. The lowest BCUT2D eigenvalue weighted by Gasteiger charge is -2.12. The van der Waals surface area contributed by atoms with Gasteiger partial charge in [0, 0.05) is 12.6 Å². The largest absolute Gasteiger partial charge is 0.350 e. The number of pyridine rings is 1. The number of carbonyl (C=O) groups excluding carboxylic acids is 1. The summed E-state index contributed by atoms with van der Waals surface area (Å²) < 4.78 is 2.06. The molecule has 2 aliphatic carbocycles. The number of hydrogen-bond donors (Lipinski definition) is 1. The first kappa shape index (κ1) is 12.9. The van der Waals surface area contributed by atoms with Crippen molar-refractivity contribution in [1.82, 2.24) is 14.7 Å². The first-order valence-corrected chi connectivity index (χ1v) is 7.91. The summed E-state index contributed by atoms with van der Waals surface area (Å²) in [5.41, 5.74) is 3.01. The van der Waals surface area contributed by atoms with Crippen LogP contribution in [0.25, 0.3) is 5.65 Å². The maximum absolute atomic E-state index is 12.2. The van der Waals surface area contributed by atoms with Gasteiger partial charge in [-0.2, -0.15) is 0 Å². The molecule has 4 nitrogen and oxygen atoms in total. The van der Waals surface area contributed by atoms with Gasteiger partial charge in [-0.3, -0.25) is 4.79 Å². The molecule has 0 radical (unpaired) electrons. The summed E-state index contributed by atoms with van der Waals surface area (Å²) >= 11 is 0. The zero-order chi connectivity index (χ0) is 14.4. The first-order chi connectivity index (χ1) is 10.2. The zero-order valence-electron chi connectivity index (χ0n) is 12.4. The molecule has 110 valence electrons. The number of hydrogen-bond acceptors (Lipinski definition) is 2. The fourth-order valence-electron chi connectivity index (χ4n) is 3.95. The van der Waals surface area contributed by atoms with Crippen molar-refractivity contribution in [1.29, 1.82) is 0 Å². The van der Waals surface area contributed by atoms with Crippen LogP contribution in [-0.2, 0) is 11.3 Å². The predicted octanol–water partition coefficient (Wildman–Crippen LogP) is 2.70. The number of rotatable bonds is 4. The lowest BCUT2D eigenvalue weighted by molar-refractivity contribution is -0.122. The van der Waals surface area contributed by atoms with Gasteiger partial charge in [0.15, 0.2) is 0 Å². The van der Waals surface area contributed by atoms with Crippen LogP contribution in [-0.4, -0.2) is 15.3 Å². The lowest BCUT2D eigenvalue weighted by Crippen LogP contribution is -2.26. The second-order valence-corrected chi connectivity index (χ2v) is 6.55. The van der Waals surface area contributed by atoms with Gasteiger partial charge in [-0.05, 0) is 56.1 Å². The highest BCUT2D eigenvalue weighted by atomic mass is 16.1. The molecule has 0 aromatic carbocycles. The van der Waals surface area contributed by atoms with Crippen molar-refractivity contribution in [2.75, 3.05) is 0 Å². The van der Waals surface area contributed by atoms with Crippen molar-refractivity contribution in [3.05, 3.63) is 35.8 Å². The molecule has 2 heterocycles. The van der Waals surface area contributed by atoms with Crippen LogP contribution in [0.15, 0.2) is 24.4 Å². The number of imidazole rings is 1. The number of nitrogens with one attached hydrogen (secondary N) is 1. The van der Waals surface area contributed by atoms with E-state index < -0.39 is 0 Å². The van der Waals surface area contributed by atoms with E-state index in [-0.39, 0.29) is 5.91 Å². The van der Waals surface area contributed by atoms with E-state index in [2.05, 4.69) is 14.7 Å². The summed E-state index contributed by atoms with van der Waals surface area (Å²) in [5.74, 6) is 2.63. The number of amides is 1. The van der Waals surface area contributed by atoms with E-state index >= 15 is 0 Å².